The number of anilines is 1. The van der Waals surface area contributed by atoms with Crippen molar-refractivity contribution in [2.45, 2.75) is 6.92 Å². The highest BCUT2D eigenvalue weighted by Gasteiger charge is 2.23. The van der Waals surface area contributed by atoms with Crippen molar-refractivity contribution >= 4 is 27.5 Å². The SMILES string of the molecule is COc1cc2c(cc1Br)OCCN2C(C)=O. The Bertz CT molecular complexity index is 433. The summed E-state index contributed by atoms with van der Waals surface area (Å²) >= 11 is 3.38. The molecule has 1 aliphatic heterocycles. The van der Waals surface area contributed by atoms with Gasteiger partial charge in [-0.15, -0.1) is 0 Å². The summed E-state index contributed by atoms with van der Waals surface area (Å²) in [4.78, 5) is 13.2. The van der Waals surface area contributed by atoms with E-state index in [1.165, 1.54) is 0 Å². The van der Waals surface area contributed by atoms with E-state index in [9.17, 15) is 4.79 Å². The van der Waals surface area contributed by atoms with Gasteiger partial charge < -0.3 is 14.4 Å². The van der Waals surface area contributed by atoms with Crippen LogP contribution < -0.4 is 14.4 Å². The van der Waals surface area contributed by atoms with E-state index in [1.54, 1.807) is 25.0 Å². The summed E-state index contributed by atoms with van der Waals surface area (Å²) in [6, 6.07) is 3.63. The maximum atomic E-state index is 11.5. The third kappa shape index (κ3) is 1.87. The second-order valence-electron chi connectivity index (χ2n) is 3.47. The summed E-state index contributed by atoms with van der Waals surface area (Å²) in [5.74, 6) is 1.40. The maximum Gasteiger partial charge on any atom is 0.224 e. The molecule has 0 radical (unpaired) electrons. The lowest BCUT2D eigenvalue weighted by atomic mass is 10.2. The second kappa shape index (κ2) is 4.33. The van der Waals surface area contributed by atoms with E-state index in [-0.39, 0.29) is 5.91 Å². The smallest absolute Gasteiger partial charge is 0.224 e. The number of hydrogen-bond acceptors (Lipinski definition) is 3. The number of benzene rings is 1. The zero-order chi connectivity index (χ0) is 11.7. The van der Waals surface area contributed by atoms with Crippen LogP contribution in [0, 0.1) is 0 Å². The number of fused-ring (bicyclic) bond motifs is 1. The van der Waals surface area contributed by atoms with Crippen LogP contribution in [0.5, 0.6) is 11.5 Å². The first-order valence-electron chi connectivity index (χ1n) is 4.92. The van der Waals surface area contributed by atoms with E-state index in [4.69, 9.17) is 9.47 Å². The molecule has 1 amide bonds. The molecule has 0 atom stereocenters. The molecule has 4 nitrogen and oxygen atoms in total. The number of ether oxygens (including phenoxy) is 2. The average molecular weight is 286 g/mol. The number of methoxy groups -OCH3 is 1. The van der Waals surface area contributed by atoms with Gasteiger partial charge in [0.05, 0.1) is 23.8 Å². The Morgan fingerprint density at radius 2 is 2.31 bits per heavy atom. The fourth-order valence-corrected chi connectivity index (χ4v) is 2.19. The monoisotopic (exact) mass is 285 g/mol. The molecular weight excluding hydrogens is 274 g/mol. The number of nitrogens with zero attached hydrogens (tertiary/aromatic N) is 1. The van der Waals surface area contributed by atoms with Crippen LogP contribution in [-0.2, 0) is 4.79 Å². The van der Waals surface area contributed by atoms with Crippen molar-refractivity contribution in [1.29, 1.82) is 0 Å². The molecule has 0 N–H and O–H groups in total. The standard InChI is InChI=1S/C11H12BrNO3/c1-7(14)13-3-4-16-11-5-8(12)10(15-2)6-9(11)13/h5-6H,3-4H2,1-2H3. The van der Waals surface area contributed by atoms with E-state index < -0.39 is 0 Å². The van der Waals surface area contributed by atoms with Gasteiger partial charge in [-0.3, -0.25) is 4.79 Å². The molecule has 5 heteroatoms. The molecule has 1 aliphatic rings. The van der Waals surface area contributed by atoms with Crippen molar-refractivity contribution in [2.75, 3.05) is 25.2 Å². The number of carbonyl (C=O) groups excluding carboxylic acids is 1. The molecule has 1 aromatic rings. The maximum absolute atomic E-state index is 11.5. The van der Waals surface area contributed by atoms with Crippen LogP contribution in [0.1, 0.15) is 6.92 Å². The second-order valence-corrected chi connectivity index (χ2v) is 4.33. The van der Waals surface area contributed by atoms with Gasteiger partial charge in [-0.1, -0.05) is 0 Å². The van der Waals surface area contributed by atoms with Crippen LogP contribution in [0.25, 0.3) is 0 Å². The predicted octanol–water partition coefficient (Wildman–Crippen LogP) is 2.20. The fraction of sp³-hybridized carbons (Fsp3) is 0.364. The number of amides is 1. The molecule has 0 unspecified atom stereocenters. The van der Waals surface area contributed by atoms with E-state index in [2.05, 4.69) is 15.9 Å². The largest absolute Gasteiger partial charge is 0.495 e. The summed E-state index contributed by atoms with van der Waals surface area (Å²) in [6.45, 7) is 2.64. The number of halogens is 1. The lowest BCUT2D eigenvalue weighted by molar-refractivity contribution is -0.116. The summed E-state index contributed by atoms with van der Waals surface area (Å²) in [5.41, 5.74) is 0.763. The summed E-state index contributed by atoms with van der Waals surface area (Å²) < 4.78 is 11.5. The minimum atomic E-state index is 0.00826. The van der Waals surface area contributed by atoms with Crippen LogP contribution in [0.4, 0.5) is 5.69 Å². The van der Waals surface area contributed by atoms with Gasteiger partial charge in [0.15, 0.2) is 0 Å². The minimum Gasteiger partial charge on any atom is -0.495 e. The molecule has 0 saturated heterocycles. The lowest BCUT2D eigenvalue weighted by Crippen LogP contribution is -2.36. The molecule has 86 valence electrons. The van der Waals surface area contributed by atoms with Crippen molar-refractivity contribution in [1.82, 2.24) is 0 Å². The summed E-state index contributed by atoms with van der Waals surface area (Å²) in [7, 11) is 1.59. The van der Waals surface area contributed by atoms with Crippen LogP contribution in [-0.4, -0.2) is 26.2 Å². The summed E-state index contributed by atoms with van der Waals surface area (Å²) in [6.07, 6.45) is 0. The van der Waals surface area contributed by atoms with Gasteiger partial charge in [0, 0.05) is 19.1 Å². The molecule has 1 heterocycles. The molecular formula is C11H12BrNO3. The predicted molar refractivity (Wildman–Crippen MR) is 64.2 cm³/mol. The van der Waals surface area contributed by atoms with Gasteiger partial charge in [-0.25, -0.2) is 0 Å². The van der Waals surface area contributed by atoms with E-state index in [1.807, 2.05) is 6.07 Å². The number of hydrogen-bond donors (Lipinski definition) is 0. The number of carbonyl (C=O) groups is 1. The Morgan fingerprint density at radius 3 is 2.94 bits per heavy atom. The van der Waals surface area contributed by atoms with Gasteiger partial charge in [0.1, 0.15) is 18.1 Å². The quantitative estimate of drug-likeness (QED) is 0.794. The minimum absolute atomic E-state index is 0.00826. The Hall–Kier alpha value is -1.23. The number of rotatable bonds is 1. The first-order valence-corrected chi connectivity index (χ1v) is 5.71. The lowest BCUT2D eigenvalue weighted by Gasteiger charge is -2.29. The third-order valence-electron chi connectivity index (χ3n) is 2.48. The third-order valence-corrected chi connectivity index (χ3v) is 3.10. The van der Waals surface area contributed by atoms with Gasteiger partial charge in [0.2, 0.25) is 5.91 Å². The van der Waals surface area contributed by atoms with Crippen molar-refractivity contribution in [3.8, 4) is 11.5 Å². The molecule has 0 aromatic heterocycles. The van der Waals surface area contributed by atoms with Crippen LogP contribution in [0.15, 0.2) is 16.6 Å². The van der Waals surface area contributed by atoms with Gasteiger partial charge in [-0.2, -0.15) is 0 Å². The van der Waals surface area contributed by atoms with Crippen LogP contribution >= 0.6 is 15.9 Å². The van der Waals surface area contributed by atoms with E-state index >= 15 is 0 Å². The normalized spacial score (nSPS) is 14.1. The molecule has 0 fully saturated rings. The summed E-state index contributed by atoms with van der Waals surface area (Å²) in [5, 5.41) is 0. The fourth-order valence-electron chi connectivity index (χ4n) is 1.70. The van der Waals surface area contributed by atoms with Crippen LogP contribution in [0.2, 0.25) is 0 Å². The molecule has 0 aliphatic carbocycles. The average Bonchev–Trinajstić information content (AvgIpc) is 2.26. The highest BCUT2D eigenvalue weighted by atomic mass is 79.9. The topological polar surface area (TPSA) is 38.8 Å². The van der Waals surface area contributed by atoms with Crippen molar-refractivity contribution in [3.05, 3.63) is 16.6 Å². The van der Waals surface area contributed by atoms with Crippen LogP contribution in [0.3, 0.4) is 0 Å². The zero-order valence-corrected chi connectivity index (χ0v) is 10.7. The molecule has 0 bridgehead atoms. The van der Waals surface area contributed by atoms with E-state index in [0.717, 1.165) is 10.2 Å². The first-order chi connectivity index (χ1) is 7.63. The molecule has 0 spiro atoms. The zero-order valence-electron chi connectivity index (χ0n) is 9.12. The Labute approximate surface area is 102 Å². The van der Waals surface area contributed by atoms with E-state index in [0.29, 0.717) is 24.7 Å². The molecule has 1 aromatic carbocycles. The van der Waals surface area contributed by atoms with Gasteiger partial charge in [0.25, 0.3) is 0 Å². The molecule has 16 heavy (non-hydrogen) atoms. The van der Waals surface area contributed by atoms with Gasteiger partial charge in [-0.05, 0) is 15.9 Å². The molecule has 0 saturated carbocycles. The Balaban J connectivity index is 2.50. The Kier molecular flexibility index (Phi) is 3.05. The van der Waals surface area contributed by atoms with Crippen molar-refractivity contribution in [3.63, 3.8) is 0 Å². The molecule has 2 rings (SSSR count). The Morgan fingerprint density at radius 1 is 1.56 bits per heavy atom. The van der Waals surface area contributed by atoms with Crippen molar-refractivity contribution in [2.24, 2.45) is 0 Å². The first kappa shape index (κ1) is 11.3. The van der Waals surface area contributed by atoms with Gasteiger partial charge >= 0.3 is 0 Å². The van der Waals surface area contributed by atoms with Crippen molar-refractivity contribution < 1.29 is 14.3 Å². The highest BCUT2D eigenvalue weighted by molar-refractivity contribution is 9.10. The highest BCUT2D eigenvalue weighted by Crippen LogP contribution is 2.39.